The number of hydrogen-bond donors (Lipinski definition) is 2. The number of para-hydroxylation sites is 1. The highest BCUT2D eigenvalue weighted by molar-refractivity contribution is 7.80. The van der Waals surface area contributed by atoms with Crippen molar-refractivity contribution in [2.75, 3.05) is 5.32 Å². The van der Waals surface area contributed by atoms with Crippen molar-refractivity contribution >= 4 is 28.7 Å². The molecule has 4 heteroatoms. The molecule has 0 bridgehead atoms. The van der Waals surface area contributed by atoms with E-state index in [9.17, 15) is 0 Å². The lowest BCUT2D eigenvalue weighted by Gasteiger charge is -2.13. The number of anilines is 1. The van der Waals surface area contributed by atoms with Gasteiger partial charge in [-0.3, -0.25) is 5.43 Å². The quantitative estimate of drug-likeness (QED) is 0.484. The summed E-state index contributed by atoms with van der Waals surface area (Å²) in [7, 11) is 0. The molecular weight excluding hydrogens is 266 g/mol. The molecule has 1 saturated carbocycles. The van der Waals surface area contributed by atoms with Gasteiger partial charge in [0.25, 0.3) is 0 Å². The van der Waals surface area contributed by atoms with Crippen molar-refractivity contribution in [3.8, 4) is 0 Å². The second-order valence-corrected chi connectivity index (χ2v) is 5.83. The van der Waals surface area contributed by atoms with Crippen LogP contribution in [-0.4, -0.2) is 10.8 Å². The average molecular weight is 289 g/mol. The molecule has 108 valence electrons. The Morgan fingerprint density at radius 2 is 1.65 bits per heavy atom. The third kappa shape index (κ3) is 4.30. The first-order valence-corrected chi connectivity index (χ1v) is 7.76. The molecule has 0 spiro atoms. The van der Waals surface area contributed by atoms with E-state index in [4.69, 9.17) is 12.2 Å². The standard InChI is InChI=1S/C16H23N3S/c1-12-8-7-9-13(2)15(12)17-16(20)19-18-14-10-5-3-4-6-11-14/h7-9H,3-6,10-11H2,1-2H3,(H2,17,19,20). The zero-order valence-electron chi connectivity index (χ0n) is 12.3. The SMILES string of the molecule is Cc1cccc(C)c1NC(=S)NN=C1CCCCCC1. The Morgan fingerprint density at radius 3 is 2.25 bits per heavy atom. The smallest absolute Gasteiger partial charge is 0.191 e. The summed E-state index contributed by atoms with van der Waals surface area (Å²) in [4.78, 5) is 0. The van der Waals surface area contributed by atoms with Gasteiger partial charge < -0.3 is 5.32 Å². The van der Waals surface area contributed by atoms with E-state index in [-0.39, 0.29) is 0 Å². The van der Waals surface area contributed by atoms with Crippen LogP contribution in [0.3, 0.4) is 0 Å². The van der Waals surface area contributed by atoms with Crippen molar-refractivity contribution in [1.82, 2.24) is 5.43 Å². The summed E-state index contributed by atoms with van der Waals surface area (Å²) < 4.78 is 0. The summed E-state index contributed by atoms with van der Waals surface area (Å²) in [6, 6.07) is 6.21. The number of benzene rings is 1. The first-order chi connectivity index (χ1) is 9.66. The maximum absolute atomic E-state index is 5.33. The zero-order valence-corrected chi connectivity index (χ0v) is 13.1. The normalized spacial score (nSPS) is 15.4. The van der Waals surface area contributed by atoms with Crippen LogP contribution in [0, 0.1) is 13.8 Å². The summed E-state index contributed by atoms with van der Waals surface area (Å²) in [6.45, 7) is 4.16. The number of hydrazone groups is 1. The highest BCUT2D eigenvalue weighted by atomic mass is 32.1. The fourth-order valence-corrected chi connectivity index (χ4v) is 2.68. The van der Waals surface area contributed by atoms with Gasteiger partial charge in [-0.1, -0.05) is 31.0 Å². The number of nitrogens with one attached hydrogen (secondary N) is 2. The molecule has 0 amide bonds. The number of nitrogens with zero attached hydrogens (tertiary/aromatic N) is 1. The molecule has 1 aliphatic carbocycles. The molecule has 20 heavy (non-hydrogen) atoms. The van der Waals surface area contributed by atoms with E-state index in [1.165, 1.54) is 42.5 Å². The average Bonchev–Trinajstić information content (AvgIpc) is 2.69. The largest absolute Gasteiger partial charge is 0.331 e. The third-order valence-electron chi connectivity index (χ3n) is 3.72. The Morgan fingerprint density at radius 1 is 1.05 bits per heavy atom. The molecule has 0 saturated heterocycles. The van der Waals surface area contributed by atoms with Gasteiger partial charge in [0.1, 0.15) is 0 Å². The topological polar surface area (TPSA) is 36.4 Å². The minimum atomic E-state index is 0.569. The van der Waals surface area contributed by atoms with Gasteiger partial charge in [-0.25, -0.2) is 0 Å². The molecule has 1 fully saturated rings. The molecule has 0 aromatic heterocycles. The second-order valence-electron chi connectivity index (χ2n) is 5.42. The first kappa shape index (κ1) is 15.0. The maximum atomic E-state index is 5.33. The van der Waals surface area contributed by atoms with E-state index < -0.39 is 0 Å². The first-order valence-electron chi connectivity index (χ1n) is 7.35. The monoisotopic (exact) mass is 289 g/mol. The summed E-state index contributed by atoms with van der Waals surface area (Å²) in [5, 5.41) is 8.28. The number of thiocarbonyl (C=S) groups is 1. The third-order valence-corrected chi connectivity index (χ3v) is 3.91. The molecule has 0 unspecified atom stereocenters. The highest BCUT2D eigenvalue weighted by Gasteiger charge is 2.07. The Kier molecular flexibility index (Phi) is 5.53. The van der Waals surface area contributed by atoms with Crippen molar-refractivity contribution in [1.29, 1.82) is 0 Å². The lowest BCUT2D eigenvalue weighted by Crippen LogP contribution is -2.26. The number of hydrogen-bond acceptors (Lipinski definition) is 2. The van der Waals surface area contributed by atoms with Gasteiger partial charge in [-0.15, -0.1) is 0 Å². The van der Waals surface area contributed by atoms with Crippen LogP contribution in [0.25, 0.3) is 0 Å². The molecule has 0 heterocycles. The van der Waals surface area contributed by atoms with E-state index >= 15 is 0 Å². The van der Waals surface area contributed by atoms with E-state index in [1.54, 1.807) is 0 Å². The van der Waals surface area contributed by atoms with Gasteiger partial charge in [0.2, 0.25) is 0 Å². The molecule has 3 nitrogen and oxygen atoms in total. The predicted molar refractivity (Wildman–Crippen MR) is 90.4 cm³/mol. The molecule has 0 radical (unpaired) electrons. The van der Waals surface area contributed by atoms with E-state index in [0.29, 0.717) is 5.11 Å². The predicted octanol–water partition coefficient (Wildman–Crippen LogP) is 4.30. The summed E-state index contributed by atoms with van der Waals surface area (Å²) in [5.74, 6) is 0. The summed E-state index contributed by atoms with van der Waals surface area (Å²) in [5.41, 5.74) is 7.69. The van der Waals surface area contributed by atoms with Crippen LogP contribution in [0.4, 0.5) is 5.69 Å². The van der Waals surface area contributed by atoms with Gasteiger partial charge in [0.15, 0.2) is 5.11 Å². The second kappa shape index (κ2) is 7.39. The lowest BCUT2D eigenvalue weighted by atomic mass is 10.1. The van der Waals surface area contributed by atoms with E-state index in [2.05, 4.69) is 47.9 Å². The fourth-order valence-electron chi connectivity index (χ4n) is 2.53. The van der Waals surface area contributed by atoms with Crippen LogP contribution in [0.15, 0.2) is 23.3 Å². The summed E-state index contributed by atoms with van der Waals surface area (Å²) in [6.07, 6.45) is 7.33. The van der Waals surface area contributed by atoms with Gasteiger partial charge >= 0.3 is 0 Å². The minimum Gasteiger partial charge on any atom is -0.331 e. The van der Waals surface area contributed by atoms with Gasteiger partial charge in [0.05, 0.1) is 0 Å². The van der Waals surface area contributed by atoms with Crippen molar-refractivity contribution in [3.63, 3.8) is 0 Å². The van der Waals surface area contributed by atoms with Gasteiger partial charge in [0, 0.05) is 11.4 Å². The van der Waals surface area contributed by atoms with E-state index in [0.717, 1.165) is 18.5 Å². The van der Waals surface area contributed by atoms with Crippen LogP contribution in [0.5, 0.6) is 0 Å². The molecule has 1 aromatic rings. The molecule has 1 aliphatic rings. The lowest BCUT2D eigenvalue weighted by molar-refractivity contribution is 0.702. The van der Waals surface area contributed by atoms with Gasteiger partial charge in [-0.05, 0) is 62.9 Å². The summed E-state index contributed by atoms with van der Waals surface area (Å²) >= 11 is 5.33. The molecule has 0 atom stereocenters. The van der Waals surface area contributed by atoms with Crippen LogP contribution < -0.4 is 10.7 Å². The Labute approximate surface area is 126 Å². The Bertz CT molecular complexity index is 478. The van der Waals surface area contributed by atoms with Crippen LogP contribution in [0.1, 0.15) is 49.7 Å². The maximum Gasteiger partial charge on any atom is 0.191 e. The van der Waals surface area contributed by atoms with Crippen LogP contribution >= 0.6 is 12.2 Å². The van der Waals surface area contributed by atoms with Crippen molar-refractivity contribution in [2.45, 2.75) is 52.4 Å². The van der Waals surface area contributed by atoms with E-state index in [1.807, 2.05) is 0 Å². The minimum absolute atomic E-state index is 0.569. The Hall–Kier alpha value is -1.42. The van der Waals surface area contributed by atoms with Crippen molar-refractivity contribution in [3.05, 3.63) is 29.3 Å². The molecule has 0 aliphatic heterocycles. The molecule has 2 N–H and O–H groups in total. The van der Waals surface area contributed by atoms with Crippen LogP contribution in [0.2, 0.25) is 0 Å². The number of aryl methyl sites for hydroxylation is 2. The fraction of sp³-hybridized carbons (Fsp3) is 0.500. The van der Waals surface area contributed by atoms with Crippen molar-refractivity contribution in [2.24, 2.45) is 5.10 Å². The zero-order chi connectivity index (χ0) is 14.4. The Balaban J connectivity index is 1.93. The van der Waals surface area contributed by atoms with Crippen molar-refractivity contribution < 1.29 is 0 Å². The molecular formula is C16H23N3S. The number of rotatable bonds is 2. The molecule has 1 aromatic carbocycles. The van der Waals surface area contributed by atoms with Gasteiger partial charge in [-0.2, -0.15) is 5.10 Å². The van der Waals surface area contributed by atoms with Crippen LogP contribution in [-0.2, 0) is 0 Å². The molecule has 2 rings (SSSR count). The highest BCUT2D eigenvalue weighted by Crippen LogP contribution is 2.19.